The highest BCUT2D eigenvalue weighted by Crippen LogP contribution is 2.32. The van der Waals surface area contributed by atoms with Crippen molar-refractivity contribution in [1.29, 1.82) is 0 Å². The molecule has 1 unspecified atom stereocenters. The summed E-state index contributed by atoms with van der Waals surface area (Å²) in [6, 6.07) is 6.57. The number of hydrogen-bond acceptors (Lipinski definition) is 6. The predicted molar refractivity (Wildman–Crippen MR) is 86.0 cm³/mol. The van der Waals surface area contributed by atoms with Gasteiger partial charge in [-0.2, -0.15) is 4.98 Å². The summed E-state index contributed by atoms with van der Waals surface area (Å²) in [5.41, 5.74) is 0.730. The minimum atomic E-state index is -0.852. The number of aliphatic carboxylic acids is 1. The molecule has 1 aliphatic rings. The van der Waals surface area contributed by atoms with Crippen molar-refractivity contribution in [3.05, 3.63) is 41.5 Å². The summed E-state index contributed by atoms with van der Waals surface area (Å²) in [5, 5.41) is 13.5. The number of carboxylic acid groups (broad SMARTS) is 1. The smallest absolute Gasteiger partial charge is 0.325 e. The number of hydrogen-bond donors (Lipinski definition) is 1. The summed E-state index contributed by atoms with van der Waals surface area (Å²) < 4.78 is 10.5. The first-order valence-corrected chi connectivity index (χ1v) is 7.99. The molecular formula is C17H21N3O4. The third-order valence-corrected chi connectivity index (χ3v) is 4.43. The lowest BCUT2D eigenvalue weighted by molar-refractivity contribution is -0.144. The molecule has 0 aliphatic carbocycles. The summed E-state index contributed by atoms with van der Waals surface area (Å²) in [6.07, 6.45) is 1.60. The Hall–Kier alpha value is -2.41. The second-order valence-corrected chi connectivity index (χ2v) is 6.01. The number of likely N-dealkylation sites (tertiary alicyclic amines) is 1. The van der Waals surface area contributed by atoms with Crippen LogP contribution in [0.2, 0.25) is 0 Å². The van der Waals surface area contributed by atoms with E-state index in [0.29, 0.717) is 30.6 Å². The number of carboxylic acids is 1. The zero-order chi connectivity index (χ0) is 17.1. The van der Waals surface area contributed by atoms with E-state index < -0.39 is 12.0 Å². The number of methoxy groups -OCH3 is 1. The minimum absolute atomic E-state index is 0.196. The van der Waals surface area contributed by atoms with Crippen molar-refractivity contribution in [2.24, 2.45) is 0 Å². The summed E-state index contributed by atoms with van der Waals surface area (Å²) in [6.45, 7) is 3.13. The van der Waals surface area contributed by atoms with Gasteiger partial charge in [-0.25, -0.2) is 0 Å². The molecular weight excluding hydrogens is 310 g/mol. The van der Waals surface area contributed by atoms with Gasteiger partial charge in [-0.05, 0) is 37.5 Å². The Kier molecular flexibility index (Phi) is 4.80. The molecule has 3 rings (SSSR count). The molecule has 0 bridgehead atoms. The first kappa shape index (κ1) is 16.4. The lowest BCUT2D eigenvalue weighted by Crippen LogP contribution is -2.39. The van der Waals surface area contributed by atoms with Gasteiger partial charge in [-0.15, -0.1) is 0 Å². The second kappa shape index (κ2) is 7.00. The number of piperidine rings is 1. The number of ether oxygens (including phenoxy) is 1. The van der Waals surface area contributed by atoms with E-state index in [-0.39, 0.29) is 5.92 Å². The molecule has 1 atom stereocenters. The number of rotatable bonds is 5. The molecule has 1 saturated heterocycles. The van der Waals surface area contributed by atoms with E-state index in [0.717, 1.165) is 18.4 Å². The molecule has 0 saturated carbocycles. The number of aryl methyl sites for hydroxylation is 1. The van der Waals surface area contributed by atoms with Gasteiger partial charge in [-0.3, -0.25) is 9.69 Å². The zero-order valence-electron chi connectivity index (χ0n) is 13.8. The topological polar surface area (TPSA) is 88.7 Å². The molecule has 0 amide bonds. The van der Waals surface area contributed by atoms with Crippen LogP contribution < -0.4 is 4.74 Å². The molecule has 2 aromatic rings. The zero-order valence-corrected chi connectivity index (χ0v) is 13.8. The molecule has 7 heteroatoms. The molecule has 0 radical (unpaired) electrons. The lowest BCUT2D eigenvalue weighted by atomic mass is 9.94. The lowest BCUT2D eigenvalue weighted by Gasteiger charge is -2.34. The molecule has 7 nitrogen and oxygen atoms in total. The van der Waals surface area contributed by atoms with Crippen LogP contribution in [0.15, 0.2) is 28.8 Å². The van der Waals surface area contributed by atoms with Crippen LogP contribution in [0.1, 0.15) is 42.1 Å². The van der Waals surface area contributed by atoms with E-state index in [1.807, 2.05) is 23.1 Å². The van der Waals surface area contributed by atoms with E-state index in [1.165, 1.54) is 0 Å². The van der Waals surface area contributed by atoms with Crippen molar-refractivity contribution < 1.29 is 19.2 Å². The van der Waals surface area contributed by atoms with Crippen molar-refractivity contribution >= 4 is 5.97 Å². The molecule has 24 heavy (non-hydrogen) atoms. The van der Waals surface area contributed by atoms with Gasteiger partial charge in [0.1, 0.15) is 11.8 Å². The van der Waals surface area contributed by atoms with E-state index in [1.54, 1.807) is 20.1 Å². The highest BCUT2D eigenvalue weighted by Gasteiger charge is 2.33. The van der Waals surface area contributed by atoms with Crippen LogP contribution in [0.4, 0.5) is 0 Å². The van der Waals surface area contributed by atoms with E-state index >= 15 is 0 Å². The van der Waals surface area contributed by atoms with Gasteiger partial charge >= 0.3 is 5.97 Å². The summed E-state index contributed by atoms with van der Waals surface area (Å²) in [4.78, 5) is 18.1. The molecule has 0 spiro atoms. The number of aromatic nitrogens is 2. The van der Waals surface area contributed by atoms with Gasteiger partial charge in [0.05, 0.1) is 7.11 Å². The van der Waals surface area contributed by atoms with Crippen LogP contribution in [-0.4, -0.2) is 46.3 Å². The van der Waals surface area contributed by atoms with Crippen molar-refractivity contribution in [2.45, 2.75) is 31.7 Å². The van der Waals surface area contributed by atoms with Crippen molar-refractivity contribution in [1.82, 2.24) is 15.0 Å². The third-order valence-electron chi connectivity index (χ3n) is 4.43. The van der Waals surface area contributed by atoms with Crippen LogP contribution in [0, 0.1) is 6.92 Å². The quantitative estimate of drug-likeness (QED) is 0.900. The third kappa shape index (κ3) is 3.41. The molecule has 1 fully saturated rings. The van der Waals surface area contributed by atoms with Gasteiger partial charge in [0, 0.05) is 19.0 Å². The Bertz CT molecular complexity index is 707. The summed E-state index contributed by atoms with van der Waals surface area (Å²) in [7, 11) is 1.58. The van der Waals surface area contributed by atoms with Crippen molar-refractivity contribution in [2.75, 3.05) is 20.2 Å². The number of carbonyl (C=O) groups is 1. The van der Waals surface area contributed by atoms with Crippen LogP contribution >= 0.6 is 0 Å². The maximum atomic E-state index is 11.8. The van der Waals surface area contributed by atoms with E-state index in [2.05, 4.69) is 10.1 Å². The van der Waals surface area contributed by atoms with Gasteiger partial charge in [0.25, 0.3) is 0 Å². The second-order valence-electron chi connectivity index (χ2n) is 6.01. The Morgan fingerprint density at radius 1 is 1.42 bits per heavy atom. The first-order valence-electron chi connectivity index (χ1n) is 7.99. The molecule has 1 aromatic heterocycles. The van der Waals surface area contributed by atoms with Crippen LogP contribution in [0.5, 0.6) is 5.75 Å². The highest BCUT2D eigenvalue weighted by atomic mass is 16.5. The average Bonchev–Trinajstić information content (AvgIpc) is 3.02. The summed E-state index contributed by atoms with van der Waals surface area (Å²) >= 11 is 0. The fourth-order valence-electron chi connectivity index (χ4n) is 3.20. The molecule has 1 aliphatic heterocycles. The normalized spacial score (nSPS) is 17.6. The van der Waals surface area contributed by atoms with Gasteiger partial charge in [-0.1, -0.05) is 17.3 Å². The Morgan fingerprint density at radius 3 is 2.75 bits per heavy atom. The highest BCUT2D eigenvalue weighted by molar-refractivity contribution is 5.75. The van der Waals surface area contributed by atoms with Crippen LogP contribution in [-0.2, 0) is 4.79 Å². The molecule has 1 aromatic carbocycles. The molecule has 1 N–H and O–H groups in total. The monoisotopic (exact) mass is 331 g/mol. The Balaban J connectivity index is 1.73. The number of benzene rings is 1. The van der Waals surface area contributed by atoms with Crippen molar-refractivity contribution in [3.8, 4) is 5.75 Å². The van der Waals surface area contributed by atoms with Gasteiger partial charge < -0.3 is 14.4 Å². The fourth-order valence-corrected chi connectivity index (χ4v) is 3.20. The Labute approximate surface area is 140 Å². The van der Waals surface area contributed by atoms with Crippen LogP contribution in [0.25, 0.3) is 0 Å². The predicted octanol–water partition coefficient (Wildman–Crippen LogP) is 2.39. The Morgan fingerprint density at radius 2 is 2.17 bits per heavy atom. The average molecular weight is 331 g/mol. The maximum absolute atomic E-state index is 11.8. The maximum Gasteiger partial charge on any atom is 0.325 e. The van der Waals surface area contributed by atoms with Crippen LogP contribution in [0.3, 0.4) is 0 Å². The molecule has 2 heterocycles. The largest absolute Gasteiger partial charge is 0.497 e. The molecule has 128 valence electrons. The van der Waals surface area contributed by atoms with E-state index in [4.69, 9.17) is 9.26 Å². The minimum Gasteiger partial charge on any atom is -0.497 e. The van der Waals surface area contributed by atoms with Gasteiger partial charge in [0.2, 0.25) is 5.89 Å². The first-order chi connectivity index (χ1) is 11.6. The van der Waals surface area contributed by atoms with Gasteiger partial charge in [0.15, 0.2) is 5.82 Å². The van der Waals surface area contributed by atoms with E-state index in [9.17, 15) is 9.90 Å². The standard InChI is InChI=1S/C17H21N3O4/c1-11-18-16(24-19-11)12-6-8-20(9-7-12)15(17(21)22)13-4-3-5-14(10-13)23-2/h3-5,10,12,15H,6-9H2,1-2H3,(H,21,22). The SMILES string of the molecule is COc1cccc(C(C(=O)O)N2CCC(c3nc(C)no3)CC2)c1. The fraction of sp³-hybridized carbons (Fsp3) is 0.471. The van der Waals surface area contributed by atoms with Crippen molar-refractivity contribution in [3.63, 3.8) is 0 Å². The number of nitrogens with zero attached hydrogens (tertiary/aromatic N) is 3. The summed E-state index contributed by atoms with van der Waals surface area (Å²) in [5.74, 6) is 1.29.